The second kappa shape index (κ2) is 4.97. The summed E-state index contributed by atoms with van der Waals surface area (Å²) in [5.74, 6) is 0.281. The van der Waals surface area contributed by atoms with Gasteiger partial charge >= 0.3 is 0 Å². The van der Waals surface area contributed by atoms with Crippen LogP contribution in [0.1, 0.15) is 52.9 Å². The van der Waals surface area contributed by atoms with Crippen LogP contribution in [0.4, 0.5) is 0 Å². The quantitative estimate of drug-likeness (QED) is 0.746. The number of hydrogen-bond acceptors (Lipinski definition) is 2. The van der Waals surface area contributed by atoms with E-state index in [1.54, 1.807) is 0 Å². The average molecular weight is 212 g/mol. The maximum atomic E-state index is 11.9. The topological polar surface area (TPSA) is 55.1 Å². The molecule has 3 N–H and O–H groups in total. The number of amides is 1. The van der Waals surface area contributed by atoms with E-state index in [1.807, 2.05) is 6.92 Å². The molecule has 0 aromatic carbocycles. The van der Waals surface area contributed by atoms with Crippen LogP contribution in [0.3, 0.4) is 0 Å². The van der Waals surface area contributed by atoms with Gasteiger partial charge in [0.25, 0.3) is 0 Å². The summed E-state index contributed by atoms with van der Waals surface area (Å²) < 4.78 is 0. The predicted molar refractivity (Wildman–Crippen MR) is 62.4 cm³/mol. The third-order valence-corrected chi connectivity index (χ3v) is 3.69. The second-order valence-corrected chi connectivity index (χ2v) is 5.17. The van der Waals surface area contributed by atoms with Gasteiger partial charge in [-0.15, -0.1) is 0 Å². The van der Waals surface area contributed by atoms with E-state index in [1.165, 1.54) is 12.8 Å². The van der Waals surface area contributed by atoms with Crippen molar-refractivity contribution in [1.29, 1.82) is 0 Å². The Morgan fingerprint density at radius 1 is 1.47 bits per heavy atom. The molecule has 88 valence electrons. The fraction of sp³-hybridized carbons (Fsp3) is 0.917. The van der Waals surface area contributed by atoms with Crippen molar-refractivity contribution in [2.75, 3.05) is 0 Å². The van der Waals surface area contributed by atoms with Crippen LogP contribution < -0.4 is 11.1 Å². The van der Waals surface area contributed by atoms with Crippen molar-refractivity contribution in [3.63, 3.8) is 0 Å². The summed E-state index contributed by atoms with van der Waals surface area (Å²) in [6, 6.07) is -0.354. The first-order valence-corrected chi connectivity index (χ1v) is 6.06. The largest absolute Gasteiger partial charge is 0.350 e. The second-order valence-electron chi connectivity index (χ2n) is 5.17. The van der Waals surface area contributed by atoms with Crippen LogP contribution in [0.25, 0.3) is 0 Å². The van der Waals surface area contributed by atoms with Gasteiger partial charge in [-0.1, -0.05) is 33.1 Å². The van der Waals surface area contributed by atoms with Gasteiger partial charge in [0, 0.05) is 5.54 Å². The lowest BCUT2D eigenvalue weighted by molar-refractivity contribution is -0.125. The molecule has 0 radical (unpaired) electrons. The van der Waals surface area contributed by atoms with Crippen molar-refractivity contribution in [1.82, 2.24) is 5.32 Å². The van der Waals surface area contributed by atoms with Crippen LogP contribution in [-0.2, 0) is 4.79 Å². The van der Waals surface area contributed by atoms with Gasteiger partial charge in [-0.05, 0) is 25.7 Å². The zero-order valence-electron chi connectivity index (χ0n) is 10.2. The standard InChI is InChI=1S/C12H24N2O/c1-4-9(2)10(13)11(15)14-12(3)7-5-6-8-12/h9-10H,4-8,13H2,1-3H3,(H,14,15). The number of nitrogens with one attached hydrogen (secondary N) is 1. The Hall–Kier alpha value is -0.570. The van der Waals surface area contributed by atoms with Crippen molar-refractivity contribution < 1.29 is 4.79 Å². The van der Waals surface area contributed by atoms with Gasteiger partial charge in [0.2, 0.25) is 5.91 Å². The van der Waals surface area contributed by atoms with Crippen molar-refractivity contribution in [2.24, 2.45) is 11.7 Å². The van der Waals surface area contributed by atoms with Crippen LogP contribution in [0, 0.1) is 5.92 Å². The van der Waals surface area contributed by atoms with Crippen LogP contribution in [0.2, 0.25) is 0 Å². The molecule has 0 bridgehead atoms. The highest BCUT2D eigenvalue weighted by Crippen LogP contribution is 2.29. The van der Waals surface area contributed by atoms with Gasteiger partial charge in [0.05, 0.1) is 6.04 Å². The smallest absolute Gasteiger partial charge is 0.237 e. The molecule has 2 unspecified atom stereocenters. The number of hydrogen-bond donors (Lipinski definition) is 2. The van der Waals surface area contributed by atoms with Crippen molar-refractivity contribution in [3.05, 3.63) is 0 Å². The Bertz CT molecular complexity index is 222. The summed E-state index contributed by atoms with van der Waals surface area (Å²) in [6.07, 6.45) is 5.56. The highest BCUT2D eigenvalue weighted by molar-refractivity contribution is 5.82. The predicted octanol–water partition coefficient (Wildman–Crippen LogP) is 1.81. The first-order valence-electron chi connectivity index (χ1n) is 6.06. The van der Waals surface area contributed by atoms with Crippen LogP contribution in [0.5, 0.6) is 0 Å². The molecule has 3 heteroatoms. The summed E-state index contributed by atoms with van der Waals surface area (Å²) in [7, 11) is 0. The van der Waals surface area contributed by atoms with Gasteiger partial charge in [-0.3, -0.25) is 4.79 Å². The molecule has 1 fully saturated rings. The molecule has 0 aliphatic heterocycles. The molecular weight excluding hydrogens is 188 g/mol. The molecule has 0 saturated heterocycles. The lowest BCUT2D eigenvalue weighted by atomic mass is 9.96. The molecule has 0 spiro atoms. The van der Waals surface area contributed by atoms with Gasteiger partial charge in [0.1, 0.15) is 0 Å². The molecule has 1 aliphatic rings. The average Bonchev–Trinajstić information content (AvgIpc) is 2.62. The van der Waals surface area contributed by atoms with E-state index < -0.39 is 0 Å². The minimum atomic E-state index is -0.354. The summed E-state index contributed by atoms with van der Waals surface area (Å²) in [6.45, 7) is 6.22. The van der Waals surface area contributed by atoms with E-state index in [4.69, 9.17) is 5.73 Å². The molecule has 0 aromatic heterocycles. The molecule has 3 nitrogen and oxygen atoms in total. The van der Waals surface area contributed by atoms with E-state index in [2.05, 4.69) is 19.2 Å². The highest BCUT2D eigenvalue weighted by atomic mass is 16.2. The first kappa shape index (κ1) is 12.5. The summed E-state index contributed by atoms with van der Waals surface area (Å²) >= 11 is 0. The van der Waals surface area contributed by atoms with Gasteiger partial charge in [-0.25, -0.2) is 0 Å². The maximum Gasteiger partial charge on any atom is 0.237 e. The van der Waals surface area contributed by atoms with E-state index >= 15 is 0 Å². The molecule has 1 saturated carbocycles. The lowest BCUT2D eigenvalue weighted by Gasteiger charge is -2.28. The monoisotopic (exact) mass is 212 g/mol. The van der Waals surface area contributed by atoms with Crippen LogP contribution >= 0.6 is 0 Å². The molecule has 2 atom stereocenters. The van der Waals surface area contributed by atoms with Crippen LogP contribution in [0.15, 0.2) is 0 Å². The van der Waals surface area contributed by atoms with E-state index in [9.17, 15) is 4.79 Å². The molecular formula is C12H24N2O. The fourth-order valence-corrected chi connectivity index (χ4v) is 2.17. The fourth-order valence-electron chi connectivity index (χ4n) is 2.17. The zero-order chi connectivity index (χ0) is 11.5. The van der Waals surface area contributed by atoms with Crippen molar-refractivity contribution in [3.8, 4) is 0 Å². The molecule has 0 aromatic rings. The van der Waals surface area contributed by atoms with Crippen molar-refractivity contribution in [2.45, 2.75) is 64.5 Å². The van der Waals surface area contributed by atoms with E-state index in [0.29, 0.717) is 0 Å². The minimum Gasteiger partial charge on any atom is -0.350 e. The molecule has 1 rings (SSSR count). The highest BCUT2D eigenvalue weighted by Gasteiger charge is 2.32. The van der Waals surface area contributed by atoms with E-state index in [-0.39, 0.29) is 23.4 Å². The van der Waals surface area contributed by atoms with Gasteiger partial charge in [0.15, 0.2) is 0 Å². The van der Waals surface area contributed by atoms with Crippen molar-refractivity contribution >= 4 is 5.91 Å². The van der Waals surface area contributed by atoms with Crippen LogP contribution in [-0.4, -0.2) is 17.5 Å². The SMILES string of the molecule is CCC(C)C(N)C(=O)NC1(C)CCCC1. The Labute approximate surface area is 92.8 Å². The molecule has 15 heavy (non-hydrogen) atoms. The Morgan fingerprint density at radius 2 is 2.00 bits per heavy atom. The molecule has 0 heterocycles. The third-order valence-electron chi connectivity index (χ3n) is 3.69. The lowest BCUT2D eigenvalue weighted by Crippen LogP contribution is -2.52. The van der Waals surface area contributed by atoms with Gasteiger partial charge in [-0.2, -0.15) is 0 Å². The number of rotatable bonds is 4. The number of carbonyl (C=O) groups excluding carboxylic acids is 1. The van der Waals surface area contributed by atoms with E-state index in [0.717, 1.165) is 19.3 Å². The normalized spacial score (nSPS) is 23.5. The summed E-state index contributed by atoms with van der Waals surface area (Å²) in [5, 5.41) is 3.11. The molecule has 1 amide bonds. The summed E-state index contributed by atoms with van der Waals surface area (Å²) in [5.41, 5.74) is 5.90. The first-order chi connectivity index (χ1) is 6.98. The Kier molecular flexibility index (Phi) is 4.14. The Morgan fingerprint density at radius 3 is 2.47 bits per heavy atom. The van der Waals surface area contributed by atoms with Gasteiger partial charge < -0.3 is 11.1 Å². The maximum absolute atomic E-state index is 11.9. The Balaban J connectivity index is 2.47. The molecule has 1 aliphatic carbocycles. The third kappa shape index (κ3) is 3.20. The number of nitrogens with two attached hydrogens (primary N) is 1. The summed E-state index contributed by atoms with van der Waals surface area (Å²) in [4.78, 5) is 11.9. The minimum absolute atomic E-state index is 0.00215. The zero-order valence-corrected chi connectivity index (χ0v) is 10.2. The number of carbonyl (C=O) groups is 1.